The lowest BCUT2D eigenvalue weighted by atomic mass is 10.0. The largest absolute Gasteiger partial charge is 0.508 e. The summed E-state index contributed by atoms with van der Waals surface area (Å²) in [5, 5.41) is 0. The third kappa shape index (κ3) is 5.54. The highest BCUT2D eigenvalue weighted by atomic mass is 17.4. The summed E-state index contributed by atoms with van der Waals surface area (Å²) in [7, 11) is 0. The van der Waals surface area contributed by atoms with Crippen LogP contribution >= 0.6 is 0 Å². The van der Waals surface area contributed by atoms with Crippen LogP contribution in [0.3, 0.4) is 0 Å². The molecule has 23 heavy (non-hydrogen) atoms. The number of hydrogen-bond acceptors (Lipinski definition) is 7. The zero-order valence-corrected chi connectivity index (χ0v) is 12.9. The van der Waals surface area contributed by atoms with E-state index in [9.17, 15) is 9.59 Å². The van der Waals surface area contributed by atoms with Gasteiger partial charge < -0.3 is 14.2 Å². The maximum absolute atomic E-state index is 11.4. The van der Waals surface area contributed by atoms with E-state index in [1.165, 1.54) is 6.92 Å². The van der Waals surface area contributed by atoms with Gasteiger partial charge in [0.15, 0.2) is 0 Å². The molecule has 0 spiro atoms. The Morgan fingerprint density at radius 3 is 2.35 bits per heavy atom. The van der Waals surface area contributed by atoms with Gasteiger partial charge >= 0.3 is 18.1 Å². The lowest BCUT2D eigenvalue weighted by Gasteiger charge is -2.12. The van der Waals surface area contributed by atoms with Crippen LogP contribution in [0.25, 0.3) is 0 Å². The molecule has 1 aliphatic heterocycles. The molecule has 2 rings (SSSR count). The molecular weight excluding hydrogens is 304 g/mol. The first-order valence-electron chi connectivity index (χ1n) is 7.15. The van der Waals surface area contributed by atoms with Gasteiger partial charge in [-0.3, -0.25) is 0 Å². The van der Waals surface area contributed by atoms with Crippen LogP contribution < -0.4 is 0 Å². The molecular formula is C16H18O7. The summed E-state index contributed by atoms with van der Waals surface area (Å²) in [6.07, 6.45) is -0.798. The van der Waals surface area contributed by atoms with E-state index in [0.29, 0.717) is 0 Å². The Balaban J connectivity index is 1.58. The Morgan fingerprint density at radius 2 is 1.70 bits per heavy atom. The SMILES string of the molecule is CC(C(=O)OCCOC(=O)OCC(C)c1ccccc1)=C1OO1. The lowest BCUT2D eigenvalue weighted by molar-refractivity contribution is -0.140. The van der Waals surface area contributed by atoms with Crippen LogP contribution in [-0.2, 0) is 28.8 Å². The van der Waals surface area contributed by atoms with Crippen molar-refractivity contribution >= 4 is 12.1 Å². The predicted octanol–water partition coefficient (Wildman–Crippen LogP) is 2.68. The van der Waals surface area contributed by atoms with Crippen molar-refractivity contribution in [3.63, 3.8) is 0 Å². The van der Waals surface area contributed by atoms with Crippen LogP contribution in [0.15, 0.2) is 41.9 Å². The van der Waals surface area contributed by atoms with Crippen molar-refractivity contribution in [3.8, 4) is 0 Å². The third-order valence-corrected chi connectivity index (χ3v) is 3.14. The number of rotatable bonds is 7. The molecule has 0 bridgehead atoms. The van der Waals surface area contributed by atoms with E-state index in [0.717, 1.165) is 5.56 Å². The fourth-order valence-electron chi connectivity index (χ4n) is 1.71. The van der Waals surface area contributed by atoms with Crippen molar-refractivity contribution < 1.29 is 33.6 Å². The molecule has 1 saturated heterocycles. The molecule has 1 heterocycles. The van der Waals surface area contributed by atoms with Crippen LogP contribution in [0.1, 0.15) is 25.3 Å². The summed E-state index contributed by atoms with van der Waals surface area (Å²) in [6, 6.07) is 9.69. The van der Waals surface area contributed by atoms with Crippen LogP contribution in [0.4, 0.5) is 4.79 Å². The number of ether oxygens (including phenoxy) is 3. The Morgan fingerprint density at radius 1 is 1.04 bits per heavy atom. The highest BCUT2D eigenvalue weighted by Gasteiger charge is 2.27. The van der Waals surface area contributed by atoms with E-state index >= 15 is 0 Å². The molecule has 1 fully saturated rings. The zero-order chi connectivity index (χ0) is 16.7. The van der Waals surface area contributed by atoms with Gasteiger partial charge in [-0.05, 0) is 12.5 Å². The summed E-state index contributed by atoms with van der Waals surface area (Å²) < 4.78 is 14.7. The second-order valence-corrected chi connectivity index (χ2v) is 4.94. The van der Waals surface area contributed by atoms with Gasteiger partial charge in [0.2, 0.25) is 0 Å². The molecule has 1 aromatic rings. The molecule has 7 heteroatoms. The molecule has 0 saturated carbocycles. The molecule has 1 unspecified atom stereocenters. The van der Waals surface area contributed by atoms with Crippen LogP contribution in [0, 0.1) is 0 Å². The van der Waals surface area contributed by atoms with Crippen molar-refractivity contribution in [1.29, 1.82) is 0 Å². The minimum atomic E-state index is -0.798. The average molecular weight is 322 g/mol. The smallest absolute Gasteiger partial charge is 0.459 e. The standard InChI is InChI=1S/C16H18O7/c1-11(13-6-4-3-5-7-13)10-21-16(18)20-9-8-19-14(17)12(2)15-22-23-15/h3-7,11H,8-10H2,1-2H3. The van der Waals surface area contributed by atoms with Gasteiger partial charge in [-0.15, -0.1) is 0 Å². The second-order valence-electron chi connectivity index (χ2n) is 4.94. The van der Waals surface area contributed by atoms with Crippen molar-refractivity contribution in [2.24, 2.45) is 0 Å². The zero-order valence-electron chi connectivity index (χ0n) is 12.9. The van der Waals surface area contributed by atoms with Gasteiger partial charge in [0.1, 0.15) is 25.4 Å². The van der Waals surface area contributed by atoms with Gasteiger partial charge in [0.25, 0.3) is 0 Å². The first-order valence-corrected chi connectivity index (χ1v) is 7.15. The third-order valence-electron chi connectivity index (χ3n) is 3.14. The van der Waals surface area contributed by atoms with E-state index in [-0.39, 0.29) is 37.3 Å². The van der Waals surface area contributed by atoms with E-state index in [1.807, 2.05) is 37.3 Å². The topological polar surface area (TPSA) is 86.9 Å². The first kappa shape index (κ1) is 16.7. The number of carbonyl (C=O) groups is 2. The van der Waals surface area contributed by atoms with E-state index in [1.54, 1.807) is 0 Å². The molecule has 124 valence electrons. The van der Waals surface area contributed by atoms with Gasteiger partial charge in [0, 0.05) is 5.92 Å². The summed E-state index contributed by atoms with van der Waals surface area (Å²) in [6.45, 7) is 3.50. The Kier molecular flexibility index (Phi) is 5.85. The van der Waals surface area contributed by atoms with Gasteiger partial charge in [-0.1, -0.05) is 37.3 Å². The Bertz CT molecular complexity index is 573. The molecule has 1 atom stereocenters. The average Bonchev–Trinajstić information content (AvgIpc) is 3.41. The lowest BCUT2D eigenvalue weighted by Crippen LogP contribution is -2.17. The molecule has 1 aromatic carbocycles. The van der Waals surface area contributed by atoms with Crippen LogP contribution in [0.2, 0.25) is 0 Å². The van der Waals surface area contributed by atoms with E-state index < -0.39 is 12.1 Å². The minimum Gasteiger partial charge on any atom is -0.459 e. The molecule has 0 radical (unpaired) electrons. The van der Waals surface area contributed by atoms with E-state index in [4.69, 9.17) is 14.2 Å². The van der Waals surface area contributed by atoms with Gasteiger partial charge in [-0.2, -0.15) is 0 Å². The summed E-state index contributed by atoms with van der Waals surface area (Å²) in [4.78, 5) is 31.7. The summed E-state index contributed by atoms with van der Waals surface area (Å²) >= 11 is 0. The van der Waals surface area contributed by atoms with Crippen molar-refractivity contribution in [1.82, 2.24) is 0 Å². The highest BCUT2D eigenvalue weighted by Crippen LogP contribution is 2.22. The maximum atomic E-state index is 11.4. The number of hydrogen-bond donors (Lipinski definition) is 0. The molecule has 1 aliphatic rings. The van der Waals surface area contributed by atoms with Crippen molar-refractivity contribution in [2.75, 3.05) is 19.8 Å². The minimum absolute atomic E-state index is 0.0643. The van der Waals surface area contributed by atoms with E-state index in [2.05, 4.69) is 9.78 Å². The summed E-state index contributed by atoms with van der Waals surface area (Å²) in [5.74, 6) is -0.383. The Labute approximate surface area is 133 Å². The second kappa shape index (κ2) is 8.07. The molecule has 7 nitrogen and oxygen atoms in total. The van der Waals surface area contributed by atoms with Gasteiger partial charge in [0.05, 0.1) is 0 Å². The van der Waals surface area contributed by atoms with Crippen LogP contribution in [0.5, 0.6) is 0 Å². The highest BCUT2D eigenvalue weighted by molar-refractivity contribution is 5.88. The monoisotopic (exact) mass is 322 g/mol. The number of esters is 1. The van der Waals surface area contributed by atoms with Crippen LogP contribution in [-0.4, -0.2) is 31.9 Å². The number of carbonyl (C=O) groups excluding carboxylic acids is 2. The summed E-state index contributed by atoms with van der Waals surface area (Å²) in [5.41, 5.74) is 1.30. The fourth-order valence-corrected chi connectivity index (χ4v) is 1.71. The molecule has 0 aliphatic carbocycles. The number of benzene rings is 1. The maximum Gasteiger partial charge on any atom is 0.508 e. The predicted molar refractivity (Wildman–Crippen MR) is 78.0 cm³/mol. The molecule has 0 N–H and O–H groups in total. The molecule has 0 aromatic heterocycles. The first-order chi connectivity index (χ1) is 11.1. The molecule has 0 amide bonds. The quantitative estimate of drug-likeness (QED) is 0.251. The fraction of sp³-hybridized carbons (Fsp3) is 0.375. The normalized spacial score (nSPS) is 13.2. The van der Waals surface area contributed by atoms with Crippen molar-refractivity contribution in [3.05, 3.63) is 47.4 Å². The van der Waals surface area contributed by atoms with Crippen molar-refractivity contribution in [2.45, 2.75) is 19.8 Å². The van der Waals surface area contributed by atoms with Gasteiger partial charge in [-0.25, -0.2) is 19.4 Å². The Hall–Kier alpha value is -2.70.